The second-order valence-corrected chi connectivity index (χ2v) is 7.40. The Morgan fingerprint density at radius 1 is 1.21 bits per heavy atom. The largest absolute Gasteiger partial charge is 0.497 e. The zero-order chi connectivity index (χ0) is 19.7. The molecule has 8 heteroatoms. The van der Waals surface area contributed by atoms with Crippen LogP contribution in [0.15, 0.2) is 54.0 Å². The summed E-state index contributed by atoms with van der Waals surface area (Å²) >= 11 is 1.46. The third-order valence-corrected chi connectivity index (χ3v) is 5.58. The second kappa shape index (κ2) is 7.05. The molecular weight excluding hydrogens is 376 g/mol. The molecule has 142 valence electrons. The first-order chi connectivity index (χ1) is 13.5. The molecule has 0 radical (unpaired) electrons. The predicted octanol–water partition coefficient (Wildman–Crippen LogP) is 3.18. The van der Waals surface area contributed by atoms with Gasteiger partial charge < -0.3 is 10.1 Å². The molecule has 1 saturated heterocycles. The van der Waals surface area contributed by atoms with E-state index in [-0.39, 0.29) is 12.5 Å². The van der Waals surface area contributed by atoms with Crippen molar-refractivity contribution in [2.45, 2.75) is 19.0 Å². The quantitative estimate of drug-likeness (QED) is 0.672. The highest BCUT2D eigenvalue weighted by molar-refractivity contribution is 7.13. The molecule has 7 nitrogen and oxygen atoms in total. The molecule has 2 aromatic heterocycles. The van der Waals surface area contributed by atoms with E-state index in [9.17, 15) is 9.59 Å². The summed E-state index contributed by atoms with van der Waals surface area (Å²) in [6.07, 6.45) is 1.60. The molecule has 1 unspecified atom stereocenters. The molecule has 1 aromatic carbocycles. The first kappa shape index (κ1) is 18.1. The van der Waals surface area contributed by atoms with Crippen LogP contribution in [0.3, 0.4) is 0 Å². The summed E-state index contributed by atoms with van der Waals surface area (Å²) in [5, 5.41) is 5.41. The molecule has 1 aliphatic rings. The number of rotatable bonds is 5. The Bertz CT molecular complexity index is 1040. The number of amides is 3. The lowest BCUT2D eigenvalue weighted by atomic mass is 9.97. The standard InChI is InChI=1S/C20H18N4O3S/c1-20(16-8-3-4-9-21-16)18(25)24(19(26)23-20)11-14-12-28-17(22-14)13-6-5-7-15(10-13)27-2/h3-10,12H,11H2,1-2H3,(H,23,26). The fraction of sp³-hybridized carbons (Fsp3) is 0.200. The van der Waals surface area contributed by atoms with Gasteiger partial charge in [0.2, 0.25) is 0 Å². The van der Waals surface area contributed by atoms with Gasteiger partial charge in [-0.25, -0.2) is 9.78 Å². The summed E-state index contributed by atoms with van der Waals surface area (Å²) in [5.74, 6) is 0.404. The second-order valence-electron chi connectivity index (χ2n) is 6.54. The topological polar surface area (TPSA) is 84.4 Å². The van der Waals surface area contributed by atoms with Gasteiger partial charge in [0.1, 0.15) is 10.8 Å². The lowest BCUT2D eigenvalue weighted by molar-refractivity contribution is -0.131. The van der Waals surface area contributed by atoms with Crippen molar-refractivity contribution >= 4 is 23.3 Å². The van der Waals surface area contributed by atoms with E-state index in [0.717, 1.165) is 16.3 Å². The van der Waals surface area contributed by atoms with Gasteiger partial charge in [-0.2, -0.15) is 0 Å². The van der Waals surface area contributed by atoms with Crippen LogP contribution in [0.1, 0.15) is 18.3 Å². The van der Waals surface area contributed by atoms with Crippen LogP contribution in [0.5, 0.6) is 5.75 Å². The zero-order valence-electron chi connectivity index (χ0n) is 15.4. The Hall–Kier alpha value is -3.26. The molecule has 28 heavy (non-hydrogen) atoms. The number of hydrogen-bond donors (Lipinski definition) is 1. The summed E-state index contributed by atoms with van der Waals surface area (Å²) < 4.78 is 5.25. The number of carbonyl (C=O) groups excluding carboxylic acids is 2. The molecule has 1 fully saturated rings. The van der Waals surface area contributed by atoms with E-state index in [1.807, 2.05) is 29.6 Å². The number of ether oxygens (including phenoxy) is 1. The van der Waals surface area contributed by atoms with Gasteiger partial charge in [0.05, 0.1) is 25.0 Å². The summed E-state index contributed by atoms with van der Waals surface area (Å²) in [6.45, 7) is 1.77. The number of carbonyl (C=O) groups is 2. The highest BCUT2D eigenvalue weighted by Gasteiger charge is 2.50. The van der Waals surface area contributed by atoms with Gasteiger partial charge in [-0.15, -0.1) is 11.3 Å². The monoisotopic (exact) mass is 394 g/mol. The molecular formula is C20H18N4O3S. The molecule has 3 amide bonds. The van der Waals surface area contributed by atoms with E-state index in [1.165, 1.54) is 16.2 Å². The number of methoxy groups -OCH3 is 1. The first-order valence-electron chi connectivity index (χ1n) is 8.66. The van der Waals surface area contributed by atoms with E-state index in [0.29, 0.717) is 11.4 Å². The number of hydrogen-bond acceptors (Lipinski definition) is 6. The number of pyridine rings is 1. The molecule has 3 aromatic rings. The summed E-state index contributed by atoms with van der Waals surface area (Å²) in [4.78, 5) is 35.4. The number of nitrogens with zero attached hydrogens (tertiary/aromatic N) is 3. The van der Waals surface area contributed by atoms with E-state index in [2.05, 4.69) is 15.3 Å². The van der Waals surface area contributed by atoms with Crippen LogP contribution in [0.2, 0.25) is 0 Å². The summed E-state index contributed by atoms with van der Waals surface area (Å²) in [7, 11) is 1.61. The molecule has 0 saturated carbocycles. The van der Waals surface area contributed by atoms with Gasteiger partial charge in [0.15, 0.2) is 5.54 Å². The van der Waals surface area contributed by atoms with Crippen molar-refractivity contribution in [1.29, 1.82) is 0 Å². The van der Waals surface area contributed by atoms with Crippen LogP contribution in [0.25, 0.3) is 10.6 Å². The molecule has 0 spiro atoms. The number of urea groups is 1. The highest BCUT2D eigenvalue weighted by Crippen LogP contribution is 2.30. The summed E-state index contributed by atoms with van der Waals surface area (Å²) in [5.41, 5.74) is 0.901. The van der Waals surface area contributed by atoms with Crippen molar-refractivity contribution in [2.24, 2.45) is 0 Å². The number of imide groups is 1. The maximum absolute atomic E-state index is 13.0. The van der Waals surface area contributed by atoms with Gasteiger partial charge in [-0.05, 0) is 31.2 Å². The Morgan fingerprint density at radius 2 is 2.07 bits per heavy atom. The van der Waals surface area contributed by atoms with Crippen molar-refractivity contribution in [2.75, 3.05) is 7.11 Å². The van der Waals surface area contributed by atoms with Crippen LogP contribution in [-0.2, 0) is 16.9 Å². The Balaban J connectivity index is 1.56. The van der Waals surface area contributed by atoms with Crippen LogP contribution < -0.4 is 10.1 Å². The number of thiazole rings is 1. The molecule has 4 rings (SSSR count). The third kappa shape index (κ3) is 3.11. The van der Waals surface area contributed by atoms with Gasteiger partial charge in [0, 0.05) is 17.1 Å². The average molecular weight is 394 g/mol. The third-order valence-electron chi connectivity index (χ3n) is 4.64. The number of benzene rings is 1. The lowest BCUT2D eigenvalue weighted by Gasteiger charge is -2.20. The SMILES string of the molecule is COc1cccc(-c2nc(CN3C(=O)NC(C)(c4ccccn4)C3=O)cs2)c1. The van der Waals surface area contributed by atoms with Crippen molar-refractivity contribution in [3.05, 3.63) is 65.4 Å². The van der Waals surface area contributed by atoms with Gasteiger partial charge in [0.25, 0.3) is 5.91 Å². The Labute approximate surface area is 166 Å². The molecule has 1 aliphatic heterocycles. The molecule has 0 aliphatic carbocycles. The minimum atomic E-state index is -1.18. The van der Waals surface area contributed by atoms with Gasteiger partial charge in [-0.1, -0.05) is 18.2 Å². The van der Waals surface area contributed by atoms with Gasteiger partial charge >= 0.3 is 6.03 Å². The predicted molar refractivity (Wildman–Crippen MR) is 105 cm³/mol. The molecule has 0 bridgehead atoms. The minimum absolute atomic E-state index is 0.105. The maximum atomic E-state index is 13.0. The smallest absolute Gasteiger partial charge is 0.325 e. The van der Waals surface area contributed by atoms with Crippen molar-refractivity contribution in [3.63, 3.8) is 0 Å². The van der Waals surface area contributed by atoms with Crippen LogP contribution in [-0.4, -0.2) is 33.9 Å². The number of aromatic nitrogens is 2. The minimum Gasteiger partial charge on any atom is -0.497 e. The van der Waals surface area contributed by atoms with Crippen LogP contribution >= 0.6 is 11.3 Å². The zero-order valence-corrected chi connectivity index (χ0v) is 16.2. The normalized spacial score (nSPS) is 19.0. The Morgan fingerprint density at radius 3 is 2.82 bits per heavy atom. The average Bonchev–Trinajstić information content (AvgIpc) is 3.28. The van der Waals surface area contributed by atoms with E-state index in [4.69, 9.17) is 4.74 Å². The first-order valence-corrected chi connectivity index (χ1v) is 9.53. The fourth-order valence-corrected chi connectivity index (χ4v) is 3.91. The summed E-state index contributed by atoms with van der Waals surface area (Å²) in [6, 6.07) is 12.4. The van der Waals surface area contributed by atoms with Crippen LogP contribution in [0, 0.1) is 0 Å². The maximum Gasteiger partial charge on any atom is 0.325 e. The fourth-order valence-electron chi connectivity index (χ4n) is 3.10. The van der Waals surface area contributed by atoms with Crippen molar-refractivity contribution in [3.8, 4) is 16.3 Å². The molecule has 1 atom stereocenters. The van der Waals surface area contributed by atoms with Gasteiger partial charge in [-0.3, -0.25) is 14.7 Å². The highest BCUT2D eigenvalue weighted by atomic mass is 32.1. The van der Waals surface area contributed by atoms with Crippen molar-refractivity contribution in [1.82, 2.24) is 20.2 Å². The van der Waals surface area contributed by atoms with E-state index in [1.54, 1.807) is 38.4 Å². The van der Waals surface area contributed by atoms with Crippen LogP contribution in [0.4, 0.5) is 4.79 Å². The lowest BCUT2D eigenvalue weighted by Crippen LogP contribution is -2.41. The van der Waals surface area contributed by atoms with Crippen molar-refractivity contribution < 1.29 is 14.3 Å². The number of nitrogens with one attached hydrogen (secondary N) is 1. The Kier molecular flexibility index (Phi) is 4.56. The molecule has 3 heterocycles. The van der Waals surface area contributed by atoms with E-state index < -0.39 is 11.6 Å². The van der Waals surface area contributed by atoms with E-state index >= 15 is 0 Å². The molecule has 1 N–H and O–H groups in total.